The smallest absolute Gasteiger partial charge is 0.387 e. The van der Waals surface area contributed by atoms with Crippen LogP contribution in [0.4, 0.5) is 14.5 Å². The van der Waals surface area contributed by atoms with Crippen LogP contribution in [-0.4, -0.2) is 19.6 Å². The molecule has 4 nitrogen and oxygen atoms in total. The van der Waals surface area contributed by atoms with Crippen LogP contribution in [0.15, 0.2) is 42.5 Å². The van der Waals surface area contributed by atoms with Gasteiger partial charge in [-0.3, -0.25) is 4.79 Å². The number of amides is 1. The monoisotopic (exact) mass is 347 g/mol. The van der Waals surface area contributed by atoms with Gasteiger partial charge in [0.2, 0.25) is 5.91 Å². The van der Waals surface area contributed by atoms with Gasteiger partial charge in [0.25, 0.3) is 0 Å². The number of benzene rings is 2. The maximum absolute atomic E-state index is 12.6. The van der Waals surface area contributed by atoms with Crippen LogP contribution in [0.3, 0.4) is 0 Å². The Morgan fingerprint density at radius 3 is 2.60 bits per heavy atom. The molecule has 0 heterocycles. The summed E-state index contributed by atoms with van der Waals surface area (Å²) in [6.45, 7) is 0.863. The lowest BCUT2D eigenvalue weighted by Gasteiger charge is -2.12. The van der Waals surface area contributed by atoms with Crippen LogP contribution < -0.4 is 14.8 Å². The average molecular weight is 347 g/mol. The molecular weight excluding hydrogens is 328 g/mol. The summed E-state index contributed by atoms with van der Waals surface area (Å²) in [7, 11) is 1.36. The summed E-state index contributed by atoms with van der Waals surface area (Å²) in [5, 5.41) is 2.75. The van der Waals surface area contributed by atoms with E-state index in [9.17, 15) is 13.6 Å². The molecule has 2 rings (SSSR count). The normalized spacial score (nSPS) is 11.0. The van der Waals surface area contributed by atoms with Crippen molar-refractivity contribution >= 4 is 17.7 Å². The zero-order chi connectivity index (χ0) is 18.4. The number of ether oxygens (including phenoxy) is 2. The fraction of sp³-hybridized carbons (Fsp3) is 0.211. The molecule has 0 fully saturated rings. The minimum Gasteiger partial charge on any atom is -0.493 e. The number of carbonyl (C=O) groups is 1. The summed E-state index contributed by atoms with van der Waals surface area (Å²) < 4.78 is 34.7. The molecule has 25 heavy (non-hydrogen) atoms. The van der Waals surface area contributed by atoms with E-state index in [0.717, 1.165) is 11.1 Å². The van der Waals surface area contributed by atoms with E-state index in [-0.39, 0.29) is 17.4 Å². The number of hydrogen-bond donors (Lipinski definition) is 1. The second-order valence-electron chi connectivity index (χ2n) is 5.40. The first-order chi connectivity index (χ1) is 11.9. The van der Waals surface area contributed by atoms with Gasteiger partial charge >= 0.3 is 6.61 Å². The highest BCUT2D eigenvalue weighted by Gasteiger charge is 2.14. The van der Waals surface area contributed by atoms with Crippen LogP contribution in [0.1, 0.15) is 16.7 Å². The number of halogens is 2. The highest BCUT2D eigenvalue weighted by Crippen LogP contribution is 2.33. The number of nitrogens with one attached hydrogen (secondary N) is 1. The number of alkyl halides is 2. The van der Waals surface area contributed by atoms with E-state index in [1.54, 1.807) is 12.1 Å². The van der Waals surface area contributed by atoms with Crippen molar-refractivity contribution in [3.8, 4) is 11.5 Å². The molecule has 2 aromatic rings. The summed E-state index contributed by atoms with van der Waals surface area (Å²) in [5.74, 6) is -0.328. The van der Waals surface area contributed by atoms with Gasteiger partial charge in [-0.1, -0.05) is 29.8 Å². The molecular formula is C19H19F2NO3. The third-order valence-electron chi connectivity index (χ3n) is 3.49. The molecule has 0 atom stereocenters. The summed E-state index contributed by atoms with van der Waals surface area (Å²) in [6, 6.07) is 10.3. The minimum atomic E-state index is -2.99. The predicted molar refractivity (Wildman–Crippen MR) is 93.2 cm³/mol. The van der Waals surface area contributed by atoms with Crippen LogP contribution in [0.25, 0.3) is 6.08 Å². The van der Waals surface area contributed by atoms with E-state index < -0.39 is 6.61 Å². The van der Waals surface area contributed by atoms with Crippen LogP contribution in [0, 0.1) is 13.8 Å². The van der Waals surface area contributed by atoms with Crippen LogP contribution in [0.5, 0.6) is 11.5 Å². The van der Waals surface area contributed by atoms with Gasteiger partial charge in [-0.25, -0.2) is 0 Å². The Labute approximate surface area is 145 Å². The van der Waals surface area contributed by atoms with Crippen molar-refractivity contribution in [2.45, 2.75) is 20.5 Å². The van der Waals surface area contributed by atoms with Gasteiger partial charge in [-0.2, -0.15) is 8.78 Å². The quantitative estimate of drug-likeness (QED) is 0.779. The molecule has 0 radical (unpaired) electrons. The lowest BCUT2D eigenvalue weighted by molar-refractivity contribution is -0.111. The topological polar surface area (TPSA) is 47.6 Å². The van der Waals surface area contributed by atoms with E-state index in [4.69, 9.17) is 4.74 Å². The number of methoxy groups -OCH3 is 1. The number of anilines is 1. The zero-order valence-electron chi connectivity index (χ0n) is 14.2. The number of carbonyl (C=O) groups excluding carboxylic acids is 1. The summed E-state index contributed by atoms with van der Waals surface area (Å²) in [6.07, 6.45) is 2.66. The molecule has 0 saturated carbocycles. The van der Waals surface area contributed by atoms with Gasteiger partial charge < -0.3 is 14.8 Å². The van der Waals surface area contributed by atoms with Gasteiger partial charge in [0, 0.05) is 17.3 Å². The maximum atomic E-state index is 12.6. The van der Waals surface area contributed by atoms with E-state index >= 15 is 0 Å². The average Bonchev–Trinajstić information content (AvgIpc) is 2.56. The van der Waals surface area contributed by atoms with Crippen molar-refractivity contribution in [1.29, 1.82) is 0 Å². The Bertz CT molecular complexity index is 788. The highest BCUT2D eigenvalue weighted by atomic mass is 19.3. The molecule has 6 heteroatoms. The van der Waals surface area contributed by atoms with Crippen molar-refractivity contribution in [3.05, 3.63) is 59.2 Å². The largest absolute Gasteiger partial charge is 0.493 e. The van der Waals surface area contributed by atoms with E-state index in [0.29, 0.717) is 11.3 Å². The Kier molecular flexibility index (Phi) is 6.11. The SMILES string of the molecule is COc1cccc(/C=C/C(=O)Nc2ccc(C)cc2C)c1OC(F)F. The Balaban J connectivity index is 2.19. The third kappa shape index (κ3) is 5.04. The molecule has 1 N–H and O–H groups in total. The Morgan fingerprint density at radius 1 is 1.20 bits per heavy atom. The van der Waals surface area contributed by atoms with Crippen molar-refractivity contribution in [2.24, 2.45) is 0 Å². The molecule has 2 aromatic carbocycles. The summed E-state index contributed by atoms with van der Waals surface area (Å²) in [4.78, 5) is 12.1. The van der Waals surface area contributed by atoms with Gasteiger partial charge in [0.05, 0.1) is 7.11 Å². The molecule has 0 aliphatic carbocycles. The number of aryl methyl sites for hydroxylation is 2. The lowest BCUT2D eigenvalue weighted by atomic mass is 10.1. The molecule has 0 aromatic heterocycles. The molecule has 132 valence electrons. The van der Waals surface area contributed by atoms with Crippen LogP contribution in [-0.2, 0) is 4.79 Å². The molecule has 0 unspecified atom stereocenters. The van der Waals surface area contributed by atoms with Crippen LogP contribution in [0.2, 0.25) is 0 Å². The Hall–Kier alpha value is -2.89. The first-order valence-electron chi connectivity index (χ1n) is 7.59. The molecule has 0 aliphatic rings. The van der Waals surface area contributed by atoms with Gasteiger partial charge in [-0.05, 0) is 37.6 Å². The van der Waals surface area contributed by atoms with Gasteiger partial charge in [0.15, 0.2) is 11.5 Å². The molecule has 0 saturated heterocycles. The summed E-state index contributed by atoms with van der Waals surface area (Å²) in [5.41, 5.74) is 3.03. The first-order valence-corrected chi connectivity index (χ1v) is 7.59. The molecule has 0 spiro atoms. The van der Waals surface area contributed by atoms with Crippen molar-refractivity contribution < 1.29 is 23.0 Å². The Morgan fingerprint density at radius 2 is 1.96 bits per heavy atom. The number of para-hydroxylation sites is 1. The highest BCUT2D eigenvalue weighted by molar-refractivity contribution is 6.02. The number of rotatable bonds is 6. The standard InChI is InChI=1S/C19H19F2NO3/c1-12-7-9-15(13(2)11-12)22-17(23)10-8-14-5-4-6-16(24-3)18(14)25-19(20)21/h4-11,19H,1-3H3,(H,22,23)/b10-8+. The first kappa shape index (κ1) is 18.4. The fourth-order valence-electron chi connectivity index (χ4n) is 2.33. The molecule has 0 bridgehead atoms. The molecule has 1 amide bonds. The predicted octanol–water partition coefficient (Wildman–Crippen LogP) is 4.57. The maximum Gasteiger partial charge on any atom is 0.387 e. The van der Waals surface area contributed by atoms with E-state index in [1.165, 1.54) is 25.3 Å². The fourth-order valence-corrected chi connectivity index (χ4v) is 2.33. The van der Waals surface area contributed by atoms with Crippen molar-refractivity contribution in [3.63, 3.8) is 0 Å². The van der Waals surface area contributed by atoms with Crippen molar-refractivity contribution in [2.75, 3.05) is 12.4 Å². The van der Waals surface area contributed by atoms with Crippen molar-refractivity contribution in [1.82, 2.24) is 0 Å². The second kappa shape index (κ2) is 8.28. The van der Waals surface area contributed by atoms with Gasteiger partial charge in [0.1, 0.15) is 0 Å². The van der Waals surface area contributed by atoms with Crippen LogP contribution >= 0.6 is 0 Å². The zero-order valence-corrected chi connectivity index (χ0v) is 14.2. The molecule has 0 aliphatic heterocycles. The van der Waals surface area contributed by atoms with E-state index in [1.807, 2.05) is 32.0 Å². The third-order valence-corrected chi connectivity index (χ3v) is 3.49. The minimum absolute atomic E-state index is 0.115. The second-order valence-corrected chi connectivity index (χ2v) is 5.40. The van der Waals surface area contributed by atoms with E-state index in [2.05, 4.69) is 10.1 Å². The summed E-state index contributed by atoms with van der Waals surface area (Å²) >= 11 is 0. The lowest BCUT2D eigenvalue weighted by Crippen LogP contribution is -2.09. The number of hydrogen-bond acceptors (Lipinski definition) is 3. The van der Waals surface area contributed by atoms with Gasteiger partial charge in [-0.15, -0.1) is 0 Å².